The number of nitrogens with zero attached hydrogens (tertiary/aromatic N) is 2. The van der Waals surface area contributed by atoms with Crippen LogP contribution in [0.3, 0.4) is 0 Å². The van der Waals surface area contributed by atoms with Gasteiger partial charge in [0.1, 0.15) is 34.1 Å². The van der Waals surface area contributed by atoms with Crippen molar-refractivity contribution in [3.8, 4) is 0 Å². The Morgan fingerprint density at radius 1 is 1.13 bits per heavy atom. The van der Waals surface area contributed by atoms with Crippen molar-refractivity contribution < 1.29 is 28.2 Å². The van der Waals surface area contributed by atoms with E-state index in [1.54, 1.807) is 46.1 Å². The number of nitrogen functional groups attached to an aromatic ring is 1. The number of halogens is 2. The maximum absolute atomic E-state index is 14.2. The number of alkyl carbamates (subject to hydrolysis) is 1. The summed E-state index contributed by atoms with van der Waals surface area (Å²) in [6, 6.07) is 3.65. The molecule has 0 spiro atoms. The Bertz CT molecular complexity index is 1260. The van der Waals surface area contributed by atoms with Gasteiger partial charge in [-0.3, -0.25) is 4.79 Å². The summed E-state index contributed by atoms with van der Waals surface area (Å²) in [7, 11) is 0. The molecule has 0 radical (unpaired) electrons. The minimum atomic E-state index is -0.826. The highest BCUT2D eigenvalue weighted by molar-refractivity contribution is 6.31. The number of nitrogens with two attached hydrogens (primary N) is 1. The fraction of sp³-hybridized carbons (Fsp3) is 0.536. The molecule has 2 heterocycles. The van der Waals surface area contributed by atoms with E-state index in [2.05, 4.69) is 5.32 Å². The Kier molecular flexibility index (Phi) is 8.89. The quantitative estimate of drug-likeness (QED) is 0.348. The lowest BCUT2D eigenvalue weighted by Gasteiger charge is -2.36. The van der Waals surface area contributed by atoms with Crippen LogP contribution in [0.5, 0.6) is 0 Å². The van der Waals surface area contributed by atoms with E-state index in [0.717, 1.165) is 0 Å². The lowest BCUT2D eigenvalue weighted by molar-refractivity contribution is 0.00707. The number of carbonyl (C=O) groups excluding carboxylic acids is 3. The smallest absolute Gasteiger partial charge is 0.407 e. The van der Waals surface area contributed by atoms with Gasteiger partial charge in [0.15, 0.2) is 5.78 Å². The van der Waals surface area contributed by atoms with Crippen LogP contribution in [0.15, 0.2) is 18.2 Å². The summed E-state index contributed by atoms with van der Waals surface area (Å²) in [6.45, 7) is 12.7. The predicted molar refractivity (Wildman–Crippen MR) is 149 cm³/mol. The molecule has 1 fully saturated rings. The van der Waals surface area contributed by atoms with Crippen molar-refractivity contribution in [1.82, 2.24) is 9.88 Å². The number of ether oxygens (including phenoxy) is 2. The standard InChI is InChI=1S/C28H38ClFN4O5/c1-16(35)23-22(31)21(25(36)38-27(2,3)4)24(34(23)14-17-13-18(30)10-11-20(17)29)33-12-8-9-19(15-33)32-26(37)39-28(5,6)7/h10-11,13,19H,8-9,12,14-15,31H2,1-7H3,(H,32,37)/t19-/m1/s1. The molecule has 0 unspecified atom stereocenters. The van der Waals surface area contributed by atoms with Crippen molar-refractivity contribution in [3.63, 3.8) is 0 Å². The molecule has 3 N–H and O–H groups in total. The van der Waals surface area contributed by atoms with Crippen LogP contribution in [0.4, 0.5) is 20.7 Å². The molecule has 39 heavy (non-hydrogen) atoms. The molecule has 1 saturated heterocycles. The van der Waals surface area contributed by atoms with E-state index in [-0.39, 0.29) is 35.3 Å². The van der Waals surface area contributed by atoms with Crippen molar-refractivity contribution in [2.45, 2.75) is 85.1 Å². The van der Waals surface area contributed by atoms with Crippen molar-refractivity contribution in [3.05, 3.63) is 45.9 Å². The van der Waals surface area contributed by atoms with Gasteiger partial charge < -0.3 is 30.0 Å². The highest BCUT2D eigenvalue weighted by Gasteiger charge is 2.36. The highest BCUT2D eigenvalue weighted by Crippen LogP contribution is 2.37. The number of hydrogen-bond acceptors (Lipinski definition) is 7. The first-order chi connectivity index (χ1) is 18.0. The number of amides is 1. The van der Waals surface area contributed by atoms with Gasteiger partial charge in [0.25, 0.3) is 0 Å². The average Bonchev–Trinajstić information content (AvgIpc) is 3.06. The molecule has 1 aromatic heterocycles. The van der Waals surface area contributed by atoms with Gasteiger partial charge in [0, 0.05) is 31.1 Å². The summed E-state index contributed by atoms with van der Waals surface area (Å²) in [5.41, 5.74) is 5.50. The first-order valence-electron chi connectivity index (χ1n) is 12.9. The maximum atomic E-state index is 14.2. The van der Waals surface area contributed by atoms with Crippen LogP contribution in [0.25, 0.3) is 0 Å². The number of benzene rings is 1. The number of rotatable bonds is 6. The summed E-state index contributed by atoms with van der Waals surface area (Å²) in [5, 5.41) is 3.19. The summed E-state index contributed by atoms with van der Waals surface area (Å²) in [6.07, 6.45) is 0.811. The van der Waals surface area contributed by atoms with Crippen LogP contribution in [-0.2, 0) is 16.0 Å². The SMILES string of the molecule is CC(=O)c1c(N)c(C(=O)OC(C)(C)C)c(N2CCC[C@@H](NC(=O)OC(C)(C)C)C2)n1Cc1cc(F)ccc1Cl. The average molecular weight is 565 g/mol. The molecule has 1 aliphatic rings. The first kappa shape index (κ1) is 30.3. The van der Waals surface area contributed by atoms with Crippen LogP contribution < -0.4 is 16.0 Å². The monoisotopic (exact) mass is 564 g/mol. The fourth-order valence-electron chi connectivity index (χ4n) is 4.61. The van der Waals surface area contributed by atoms with Gasteiger partial charge in [-0.2, -0.15) is 0 Å². The summed E-state index contributed by atoms with van der Waals surface area (Å²) >= 11 is 6.38. The van der Waals surface area contributed by atoms with Gasteiger partial charge in [0.2, 0.25) is 0 Å². The molecule has 3 rings (SSSR count). The third kappa shape index (κ3) is 7.65. The van der Waals surface area contributed by atoms with Crippen LogP contribution in [0, 0.1) is 5.82 Å². The Morgan fingerprint density at radius 2 is 1.77 bits per heavy atom. The third-order valence-corrected chi connectivity index (χ3v) is 6.36. The number of carbonyl (C=O) groups is 3. The van der Waals surface area contributed by atoms with Gasteiger partial charge in [-0.15, -0.1) is 0 Å². The summed E-state index contributed by atoms with van der Waals surface area (Å²) in [5.74, 6) is -1.21. The molecule has 1 aliphatic heterocycles. The minimum absolute atomic E-state index is 0.0193. The molecular formula is C28H38ClFN4O5. The van der Waals surface area contributed by atoms with Crippen LogP contribution in [-0.4, -0.2) is 52.7 Å². The van der Waals surface area contributed by atoms with Crippen molar-refractivity contribution in [1.29, 1.82) is 0 Å². The van der Waals surface area contributed by atoms with E-state index < -0.39 is 29.1 Å². The molecule has 1 amide bonds. The van der Waals surface area contributed by atoms with E-state index in [1.165, 1.54) is 25.1 Å². The van der Waals surface area contributed by atoms with E-state index in [1.807, 2.05) is 4.90 Å². The number of nitrogens with one attached hydrogen (secondary N) is 1. The second-order valence-corrected chi connectivity index (χ2v) is 12.2. The minimum Gasteiger partial charge on any atom is -0.456 e. The number of anilines is 2. The zero-order chi connectivity index (χ0) is 29.3. The van der Waals surface area contributed by atoms with E-state index in [4.69, 9.17) is 26.8 Å². The molecule has 0 saturated carbocycles. The van der Waals surface area contributed by atoms with Gasteiger partial charge in [-0.25, -0.2) is 14.0 Å². The topological polar surface area (TPSA) is 116 Å². The molecule has 0 bridgehead atoms. The Hall–Kier alpha value is -3.27. The van der Waals surface area contributed by atoms with Crippen molar-refractivity contribution in [2.24, 2.45) is 0 Å². The lowest BCUT2D eigenvalue weighted by atomic mass is 10.0. The van der Waals surface area contributed by atoms with Crippen LogP contribution in [0.2, 0.25) is 5.02 Å². The normalized spacial score (nSPS) is 16.1. The van der Waals surface area contributed by atoms with E-state index >= 15 is 0 Å². The first-order valence-corrected chi connectivity index (χ1v) is 13.3. The van der Waals surface area contributed by atoms with Crippen LogP contribution >= 0.6 is 11.6 Å². The van der Waals surface area contributed by atoms with Gasteiger partial charge in [-0.05, 0) is 78.1 Å². The second kappa shape index (κ2) is 11.5. The van der Waals surface area contributed by atoms with E-state index in [9.17, 15) is 18.8 Å². The van der Waals surface area contributed by atoms with Gasteiger partial charge in [0.05, 0.1) is 12.2 Å². The maximum Gasteiger partial charge on any atom is 0.407 e. The largest absolute Gasteiger partial charge is 0.456 e. The molecule has 11 heteroatoms. The molecule has 0 aliphatic carbocycles. The second-order valence-electron chi connectivity index (χ2n) is 11.8. The third-order valence-electron chi connectivity index (χ3n) is 5.99. The Morgan fingerprint density at radius 3 is 2.36 bits per heavy atom. The number of Topliss-reactive ketones (excluding diaryl/α,β-unsaturated/α-hetero) is 1. The fourth-order valence-corrected chi connectivity index (χ4v) is 4.79. The predicted octanol–water partition coefficient (Wildman–Crippen LogP) is 5.56. The summed E-state index contributed by atoms with van der Waals surface area (Å²) < 4.78 is 26.8. The van der Waals surface area contributed by atoms with Crippen molar-refractivity contribution >= 4 is 41.0 Å². The molecule has 2 aromatic rings. The zero-order valence-corrected chi connectivity index (χ0v) is 24.4. The molecule has 214 valence electrons. The number of esters is 1. The zero-order valence-electron chi connectivity index (χ0n) is 23.6. The number of hydrogen-bond donors (Lipinski definition) is 2. The molecule has 1 aromatic carbocycles. The Balaban J connectivity index is 2.13. The lowest BCUT2D eigenvalue weighted by Crippen LogP contribution is -2.49. The van der Waals surface area contributed by atoms with Gasteiger partial charge in [-0.1, -0.05) is 11.6 Å². The van der Waals surface area contributed by atoms with E-state index in [0.29, 0.717) is 42.3 Å². The number of aromatic nitrogens is 1. The molecule has 9 nitrogen and oxygen atoms in total. The van der Waals surface area contributed by atoms with Gasteiger partial charge >= 0.3 is 12.1 Å². The Labute approximate surface area is 233 Å². The van der Waals surface area contributed by atoms with Crippen LogP contribution in [0.1, 0.15) is 87.7 Å². The molecular weight excluding hydrogens is 527 g/mol. The van der Waals surface area contributed by atoms with Crippen molar-refractivity contribution in [2.75, 3.05) is 23.7 Å². The number of ketones is 1. The molecule has 1 atom stereocenters. The number of piperidine rings is 1. The summed E-state index contributed by atoms with van der Waals surface area (Å²) in [4.78, 5) is 40.7. The highest BCUT2D eigenvalue weighted by atomic mass is 35.5.